The first-order chi connectivity index (χ1) is 9.12. The van der Waals surface area contributed by atoms with Crippen molar-refractivity contribution in [1.29, 1.82) is 0 Å². The Hall–Kier alpha value is -2.57. The van der Waals surface area contributed by atoms with E-state index in [1.54, 1.807) is 7.11 Å². The van der Waals surface area contributed by atoms with E-state index >= 15 is 0 Å². The average molecular weight is 261 g/mol. The molecule has 0 amide bonds. The Morgan fingerprint density at radius 2 is 1.89 bits per heavy atom. The molecule has 0 saturated heterocycles. The average Bonchev–Trinajstić information content (AvgIpc) is 2.38. The van der Waals surface area contributed by atoms with Gasteiger partial charge in [-0.25, -0.2) is 0 Å². The van der Waals surface area contributed by atoms with Crippen LogP contribution in [0.15, 0.2) is 18.2 Å². The first-order valence-electron chi connectivity index (χ1n) is 5.59. The van der Waals surface area contributed by atoms with E-state index in [4.69, 9.17) is 15.2 Å². The predicted molar refractivity (Wildman–Crippen MR) is 71.8 cm³/mol. The van der Waals surface area contributed by atoms with Gasteiger partial charge in [-0.1, -0.05) is 0 Å². The first kappa shape index (κ1) is 12.9. The van der Waals surface area contributed by atoms with Crippen molar-refractivity contribution in [2.24, 2.45) is 0 Å². The SMILES string of the molecule is COc1nc(N)nc(Nc2ccc(OC)c(C)c2)n1. The van der Waals surface area contributed by atoms with Gasteiger partial charge in [0.1, 0.15) is 5.75 Å². The number of ether oxygens (including phenoxy) is 2. The number of nitrogen functional groups attached to an aromatic ring is 1. The van der Waals surface area contributed by atoms with E-state index < -0.39 is 0 Å². The van der Waals surface area contributed by atoms with Gasteiger partial charge >= 0.3 is 6.01 Å². The van der Waals surface area contributed by atoms with Crippen LogP contribution in [0.3, 0.4) is 0 Å². The minimum Gasteiger partial charge on any atom is -0.496 e. The number of nitrogens with one attached hydrogen (secondary N) is 1. The molecular weight excluding hydrogens is 246 g/mol. The summed E-state index contributed by atoms with van der Waals surface area (Å²) in [5.74, 6) is 1.24. The molecule has 1 aromatic heterocycles. The number of benzene rings is 1. The van der Waals surface area contributed by atoms with Crippen molar-refractivity contribution >= 4 is 17.6 Å². The quantitative estimate of drug-likeness (QED) is 0.861. The molecule has 0 unspecified atom stereocenters. The van der Waals surface area contributed by atoms with Crippen molar-refractivity contribution in [2.75, 3.05) is 25.3 Å². The van der Waals surface area contributed by atoms with E-state index in [-0.39, 0.29) is 12.0 Å². The van der Waals surface area contributed by atoms with Gasteiger partial charge in [0, 0.05) is 5.69 Å². The number of hydrogen-bond acceptors (Lipinski definition) is 7. The summed E-state index contributed by atoms with van der Waals surface area (Å²) in [4.78, 5) is 11.8. The number of methoxy groups -OCH3 is 2. The van der Waals surface area contributed by atoms with Gasteiger partial charge in [-0.3, -0.25) is 0 Å². The molecule has 0 radical (unpaired) electrons. The van der Waals surface area contributed by atoms with Gasteiger partial charge in [-0.2, -0.15) is 15.0 Å². The highest BCUT2D eigenvalue weighted by molar-refractivity contribution is 5.57. The fourth-order valence-electron chi connectivity index (χ4n) is 1.60. The van der Waals surface area contributed by atoms with Crippen molar-refractivity contribution in [3.05, 3.63) is 23.8 Å². The monoisotopic (exact) mass is 261 g/mol. The van der Waals surface area contributed by atoms with Crippen molar-refractivity contribution in [1.82, 2.24) is 15.0 Å². The Labute approximate surface area is 110 Å². The molecule has 2 aromatic rings. The van der Waals surface area contributed by atoms with Crippen molar-refractivity contribution < 1.29 is 9.47 Å². The van der Waals surface area contributed by atoms with Crippen LogP contribution in [0, 0.1) is 6.92 Å². The minimum absolute atomic E-state index is 0.0968. The Morgan fingerprint density at radius 3 is 2.53 bits per heavy atom. The first-order valence-corrected chi connectivity index (χ1v) is 5.59. The fraction of sp³-hybridized carbons (Fsp3) is 0.250. The lowest BCUT2D eigenvalue weighted by Crippen LogP contribution is -2.05. The summed E-state index contributed by atoms with van der Waals surface area (Å²) in [6.07, 6.45) is 0. The highest BCUT2D eigenvalue weighted by Crippen LogP contribution is 2.23. The third-order valence-corrected chi connectivity index (χ3v) is 2.47. The molecule has 0 aliphatic heterocycles. The molecule has 0 fully saturated rings. The Bertz CT molecular complexity index is 588. The highest BCUT2D eigenvalue weighted by atomic mass is 16.5. The third kappa shape index (κ3) is 3.01. The summed E-state index contributed by atoms with van der Waals surface area (Å²) in [6.45, 7) is 1.95. The second-order valence-electron chi connectivity index (χ2n) is 3.81. The Kier molecular flexibility index (Phi) is 3.65. The van der Waals surface area contributed by atoms with E-state index in [1.807, 2.05) is 25.1 Å². The molecule has 0 aliphatic carbocycles. The third-order valence-electron chi connectivity index (χ3n) is 2.47. The zero-order chi connectivity index (χ0) is 13.8. The van der Waals surface area contributed by atoms with Crippen molar-refractivity contribution in [3.63, 3.8) is 0 Å². The zero-order valence-electron chi connectivity index (χ0n) is 11.0. The molecule has 7 nitrogen and oxygen atoms in total. The minimum atomic E-state index is 0.0968. The van der Waals surface area contributed by atoms with E-state index in [9.17, 15) is 0 Å². The molecule has 0 spiro atoms. The van der Waals surface area contributed by atoms with Crippen LogP contribution in [-0.2, 0) is 0 Å². The summed E-state index contributed by atoms with van der Waals surface area (Å²) < 4.78 is 10.1. The van der Waals surface area contributed by atoms with Crippen LogP contribution in [0.2, 0.25) is 0 Å². The van der Waals surface area contributed by atoms with Crippen LogP contribution < -0.4 is 20.5 Å². The molecule has 1 aromatic carbocycles. The van der Waals surface area contributed by atoms with E-state index in [0.29, 0.717) is 5.95 Å². The standard InChI is InChI=1S/C12H15N5O2/c1-7-6-8(4-5-9(7)18-2)14-11-15-10(13)16-12(17-11)19-3/h4-6H,1-3H3,(H3,13,14,15,16,17). The van der Waals surface area contributed by atoms with E-state index in [1.165, 1.54) is 7.11 Å². The molecule has 3 N–H and O–H groups in total. The molecule has 0 aliphatic rings. The van der Waals surface area contributed by atoms with Crippen LogP contribution in [0.1, 0.15) is 5.56 Å². The number of nitrogens with zero attached hydrogens (tertiary/aromatic N) is 3. The van der Waals surface area contributed by atoms with Crippen LogP contribution in [-0.4, -0.2) is 29.2 Å². The van der Waals surface area contributed by atoms with Gasteiger partial charge in [-0.15, -0.1) is 0 Å². The molecule has 19 heavy (non-hydrogen) atoms. The zero-order valence-corrected chi connectivity index (χ0v) is 11.0. The fourth-order valence-corrected chi connectivity index (χ4v) is 1.60. The Balaban J connectivity index is 2.25. The van der Waals surface area contributed by atoms with Gasteiger partial charge in [0.25, 0.3) is 0 Å². The molecule has 0 saturated carbocycles. The van der Waals surface area contributed by atoms with E-state index in [0.717, 1.165) is 17.0 Å². The maximum absolute atomic E-state index is 5.56. The molecule has 100 valence electrons. The molecule has 0 bridgehead atoms. The summed E-state index contributed by atoms with van der Waals surface area (Å²) >= 11 is 0. The Morgan fingerprint density at radius 1 is 1.11 bits per heavy atom. The summed E-state index contributed by atoms with van der Waals surface area (Å²) in [5, 5.41) is 3.03. The lowest BCUT2D eigenvalue weighted by molar-refractivity contribution is 0.380. The van der Waals surface area contributed by atoms with Gasteiger partial charge < -0.3 is 20.5 Å². The largest absolute Gasteiger partial charge is 0.496 e. The summed E-state index contributed by atoms with van der Waals surface area (Å²) in [7, 11) is 3.10. The summed E-state index contributed by atoms with van der Waals surface area (Å²) in [5.41, 5.74) is 7.39. The second kappa shape index (κ2) is 5.38. The number of aromatic nitrogens is 3. The van der Waals surface area contributed by atoms with Gasteiger partial charge in [0.2, 0.25) is 11.9 Å². The lowest BCUT2D eigenvalue weighted by Gasteiger charge is -2.09. The molecule has 2 rings (SSSR count). The van der Waals surface area contributed by atoms with Gasteiger partial charge in [0.15, 0.2) is 0 Å². The number of aryl methyl sites for hydroxylation is 1. The normalized spacial score (nSPS) is 10.1. The topological polar surface area (TPSA) is 95.2 Å². The van der Waals surface area contributed by atoms with E-state index in [2.05, 4.69) is 20.3 Å². The van der Waals surface area contributed by atoms with Crippen LogP contribution >= 0.6 is 0 Å². The molecular formula is C12H15N5O2. The van der Waals surface area contributed by atoms with Gasteiger partial charge in [-0.05, 0) is 30.7 Å². The number of anilines is 3. The number of nitrogens with two attached hydrogens (primary N) is 1. The maximum atomic E-state index is 5.56. The smallest absolute Gasteiger partial charge is 0.322 e. The second-order valence-corrected chi connectivity index (χ2v) is 3.81. The van der Waals surface area contributed by atoms with Crippen LogP contribution in [0.4, 0.5) is 17.6 Å². The predicted octanol–water partition coefficient (Wildman–Crippen LogP) is 1.52. The molecule has 1 heterocycles. The van der Waals surface area contributed by atoms with Crippen LogP contribution in [0.25, 0.3) is 0 Å². The lowest BCUT2D eigenvalue weighted by atomic mass is 10.2. The number of rotatable bonds is 4. The van der Waals surface area contributed by atoms with Crippen molar-refractivity contribution in [2.45, 2.75) is 6.92 Å². The highest BCUT2D eigenvalue weighted by Gasteiger charge is 2.06. The van der Waals surface area contributed by atoms with Gasteiger partial charge in [0.05, 0.1) is 14.2 Å². The summed E-state index contributed by atoms with van der Waals surface area (Å²) in [6, 6.07) is 5.81. The van der Waals surface area contributed by atoms with Crippen molar-refractivity contribution in [3.8, 4) is 11.8 Å². The molecule has 7 heteroatoms. The number of hydrogen-bond donors (Lipinski definition) is 2. The molecule has 0 atom stereocenters. The van der Waals surface area contributed by atoms with Crippen LogP contribution in [0.5, 0.6) is 11.8 Å². The maximum Gasteiger partial charge on any atom is 0.322 e.